The maximum absolute atomic E-state index is 14.1. The predicted molar refractivity (Wildman–Crippen MR) is 151 cm³/mol. The molecule has 0 radical (unpaired) electrons. The van der Waals surface area contributed by atoms with E-state index in [1.165, 1.54) is 19.1 Å². The fraction of sp³-hybridized carbons (Fsp3) is 0.290. The second kappa shape index (κ2) is 12.1. The molecule has 3 aromatic rings. The minimum Gasteiger partial charge on any atom is -0.355 e. The Morgan fingerprint density at radius 1 is 1.05 bits per heavy atom. The van der Waals surface area contributed by atoms with Crippen molar-refractivity contribution in [2.45, 2.75) is 39.4 Å². The van der Waals surface area contributed by atoms with Crippen LogP contribution >= 0.6 is 0 Å². The van der Waals surface area contributed by atoms with Gasteiger partial charge in [-0.1, -0.05) is 30.8 Å². The van der Waals surface area contributed by atoms with Crippen molar-refractivity contribution in [1.29, 1.82) is 5.41 Å². The number of carbonyl (C=O) groups excluding carboxylic acids is 1. The van der Waals surface area contributed by atoms with Crippen molar-refractivity contribution in [1.82, 2.24) is 4.90 Å². The standard InChI is InChI=1S/C31H31F5N4O/c1-19-7-4-5-10-28(19)40(30(32)33)21(3)22-13-15-39(16-14-22)29(41)23-11-12-27(26(17-23)20(2)37)38-25-9-6-8-24(18-25)31(34,35)36/h4-12,17-18,22,30,37-38H,3,13-16H2,1-2H3. The van der Waals surface area contributed by atoms with Gasteiger partial charge in [-0.3, -0.25) is 9.69 Å². The Bertz CT molecular complexity index is 1440. The first-order valence-corrected chi connectivity index (χ1v) is 13.1. The van der Waals surface area contributed by atoms with Crippen molar-refractivity contribution in [2.75, 3.05) is 23.3 Å². The summed E-state index contributed by atoms with van der Waals surface area (Å²) in [6.07, 6.45) is -3.57. The Morgan fingerprint density at radius 2 is 1.73 bits per heavy atom. The number of anilines is 3. The first kappa shape index (κ1) is 29.8. The SMILES string of the molecule is C=C(C1CCN(C(=O)c2ccc(Nc3cccc(C(F)(F)F)c3)c(C(C)=N)c2)CC1)N(c1ccccc1C)C(F)F. The molecule has 216 valence electrons. The van der Waals surface area contributed by atoms with E-state index in [2.05, 4.69) is 11.9 Å². The third-order valence-electron chi connectivity index (χ3n) is 7.27. The molecule has 0 spiro atoms. The zero-order valence-corrected chi connectivity index (χ0v) is 22.7. The topological polar surface area (TPSA) is 59.4 Å². The number of alkyl halides is 5. The summed E-state index contributed by atoms with van der Waals surface area (Å²) in [5, 5.41) is 11.1. The van der Waals surface area contributed by atoms with E-state index < -0.39 is 18.3 Å². The molecule has 1 heterocycles. The highest BCUT2D eigenvalue weighted by atomic mass is 19.4. The molecule has 3 aromatic carbocycles. The van der Waals surface area contributed by atoms with Crippen LogP contribution in [0, 0.1) is 18.3 Å². The summed E-state index contributed by atoms with van der Waals surface area (Å²) < 4.78 is 67.5. The zero-order chi connectivity index (χ0) is 29.9. The Balaban J connectivity index is 1.46. The maximum Gasteiger partial charge on any atom is 0.416 e. The molecule has 0 aliphatic carbocycles. The van der Waals surface area contributed by atoms with E-state index in [4.69, 9.17) is 5.41 Å². The maximum atomic E-state index is 14.1. The van der Waals surface area contributed by atoms with Crippen molar-refractivity contribution >= 4 is 28.7 Å². The molecule has 0 atom stereocenters. The summed E-state index contributed by atoms with van der Waals surface area (Å²) >= 11 is 0. The molecule has 5 nitrogen and oxygen atoms in total. The Hall–Kier alpha value is -4.21. The molecule has 1 aliphatic heterocycles. The van der Waals surface area contributed by atoms with Crippen LogP contribution < -0.4 is 10.2 Å². The summed E-state index contributed by atoms with van der Waals surface area (Å²) in [5.41, 5.74) is 2.06. The van der Waals surface area contributed by atoms with Crippen LogP contribution in [0.15, 0.2) is 79.0 Å². The normalized spacial score (nSPS) is 14.2. The second-order valence-electron chi connectivity index (χ2n) is 10.1. The van der Waals surface area contributed by atoms with Crippen LogP contribution in [-0.4, -0.2) is 36.2 Å². The lowest BCUT2D eigenvalue weighted by atomic mass is 9.92. The van der Waals surface area contributed by atoms with Gasteiger partial charge in [0.15, 0.2) is 0 Å². The fourth-order valence-corrected chi connectivity index (χ4v) is 5.04. The van der Waals surface area contributed by atoms with Crippen molar-refractivity contribution in [3.05, 3.63) is 101 Å². The van der Waals surface area contributed by atoms with Crippen molar-refractivity contribution < 1.29 is 26.7 Å². The molecule has 1 aliphatic rings. The number of halogens is 5. The van der Waals surface area contributed by atoms with Gasteiger partial charge < -0.3 is 15.6 Å². The molecule has 1 saturated heterocycles. The number of likely N-dealkylation sites (tertiary alicyclic amines) is 1. The summed E-state index contributed by atoms with van der Waals surface area (Å²) in [6.45, 7) is 5.22. The molecule has 10 heteroatoms. The van der Waals surface area contributed by atoms with Gasteiger partial charge in [-0.25, -0.2) is 0 Å². The first-order valence-electron chi connectivity index (χ1n) is 13.1. The zero-order valence-electron chi connectivity index (χ0n) is 22.7. The number of hydrogen-bond acceptors (Lipinski definition) is 4. The summed E-state index contributed by atoms with van der Waals surface area (Å²) in [6, 6.07) is 16.3. The Labute approximate surface area is 235 Å². The van der Waals surface area contributed by atoms with Gasteiger partial charge in [0.05, 0.1) is 5.56 Å². The minimum atomic E-state index is -4.49. The number of hydrogen-bond donors (Lipinski definition) is 2. The van der Waals surface area contributed by atoms with Crippen LogP contribution in [0.2, 0.25) is 0 Å². The van der Waals surface area contributed by atoms with E-state index in [1.54, 1.807) is 54.3 Å². The summed E-state index contributed by atoms with van der Waals surface area (Å²) in [5.74, 6) is -0.502. The number of piperidine rings is 1. The van der Waals surface area contributed by atoms with Gasteiger partial charge >= 0.3 is 12.7 Å². The molecule has 1 fully saturated rings. The van der Waals surface area contributed by atoms with E-state index in [0.29, 0.717) is 59.7 Å². The Kier molecular flexibility index (Phi) is 8.80. The number of aryl methyl sites for hydroxylation is 1. The highest BCUT2D eigenvalue weighted by molar-refractivity contribution is 6.05. The number of allylic oxidation sites excluding steroid dienone is 1. The number of benzene rings is 3. The highest BCUT2D eigenvalue weighted by Gasteiger charge is 2.32. The monoisotopic (exact) mass is 570 g/mol. The van der Waals surface area contributed by atoms with Gasteiger partial charge in [0, 0.05) is 58.6 Å². The lowest BCUT2D eigenvalue weighted by Gasteiger charge is -2.37. The molecule has 4 rings (SSSR count). The lowest BCUT2D eigenvalue weighted by molar-refractivity contribution is -0.137. The third-order valence-corrected chi connectivity index (χ3v) is 7.27. The van der Waals surface area contributed by atoms with Crippen molar-refractivity contribution in [3.63, 3.8) is 0 Å². The molecule has 0 unspecified atom stereocenters. The Morgan fingerprint density at radius 3 is 2.34 bits per heavy atom. The molecule has 2 N–H and O–H groups in total. The van der Waals surface area contributed by atoms with E-state index in [9.17, 15) is 26.7 Å². The predicted octanol–water partition coefficient (Wildman–Crippen LogP) is 8.24. The van der Waals surface area contributed by atoms with Gasteiger partial charge in [0.2, 0.25) is 0 Å². The molecule has 1 amide bonds. The van der Waals surface area contributed by atoms with E-state index in [-0.39, 0.29) is 23.2 Å². The quantitative estimate of drug-likeness (QED) is 0.163. The number of nitrogens with zero attached hydrogens (tertiary/aromatic N) is 2. The molecular formula is C31H31F5N4O. The molecule has 0 aromatic heterocycles. The average Bonchev–Trinajstić information content (AvgIpc) is 2.93. The average molecular weight is 571 g/mol. The fourth-order valence-electron chi connectivity index (χ4n) is 5.04. The molecule has 0 bridgehead atoms. The van der Waals surface area contributed by atoms with Crippen LogP contribution in [0.4, 0.5) is 39.0 Å². The lowest BCUT2D eigenvalue weighted by Crippen LogP contribution is -2.41. The summed E-state index contributed by atoms with van der Waals surface area (Å²) in [4.78, 5) is 15.9. The second-order valence-corrected chi connectivity index (χ2v) is 10.1. The molecular weight excluding hydrogens is 539 g/mol. The number of nitrogens with one attached hydrogen (secondary N) is 2. The van der Waals surface area contributed by atoms with E-state index in [0.717, 1.165) is 17.0 Å². The van der Waals surface area contributed by atoms with Gasteiger partial charge in [-0.2, -0.15) is 22.0 Å². The van der Waals surface area contributed by atoms with Gasteiger partial charge in [-0.15, -0.1) is 0 Å². The molecule has 0 saturated carbocycles. The largest absolute Gasteiger partial charge is 0.416 e. The van der Waals surface area contributed by atoms with Gasteiger partial charge in [0.1, 0.15) is 0 Å². The van der Waals surface area contributed by atoms with Crippen molar-refractivity contribution in [2.24, 2.45) is 5.92 Å². The van der Waals surface area contributed by atoms with Crippen LogP contribution in [0.1, 0.15) is 46.8 Å². The number of carbonyl (C=O) groups is 1. The molecule has 41 heavy (non-hydrogen) atoms. The highest BCUT2D eigenvalue weighted by Crippen LogP contribution is 2.35. The van der Waals surface area contributed by atoms with E-state index in [1.807, 2.05) is 0 Å². The first-order chi connectivity index (χ1) is 19.4. The van der Waals surface area contributed by atoms with Crippen LogP contribution in [-0.2, 0) is 6.18 Å². The third kappa shape index (κ3) is 6.75. The van der Waals surface area contributed by atoms with Crippen LogP contribution in [0.5, 0.6) is 0 Å². The number of amides is 1. The summed E-state index contributed by atoms with van der Waals surface area (Å²) in [7, 11) is 0. The van der Waals surface area contributed by atoms with Crippen molar-refractivity contribution in [3.8, 4) is 0 Å². The smallest absolute Gasteiger partial charge is 0.355 e. The van der Waals surface area contributed by atoms with Crippen LogP contribution in [0.25, 0.3) is 0 Å². The van der Waals surface area contributed by atoms with Gasteiger partial charge in [0.25, 0.3) is 5.91 Å². The van der Waals surface area contributed by atoms with E-state index >= 15 is 0 Å². The number of para-hydroxylation sites is 1. The minimum absolute atomic E-state index is 0.132. The van der Waals surface area contributed by atoms with Gasteiger partial charge in [-0.05, 0) is 74.7 Å². The number of rotatable bonds is 8. The van der Waals surface area contributed by atoms with Crippen LogP contribution in [0.3, 0.4) is 0 Å².